The number of hydrogen-bond donors (Lipinski definition) is 1. The zero-order valence-corrected chi connectivity index (χ0v) is 20.0. The van der Waals surface area contributed by atoms with Crippen molar-refractivity contribution in [3.05, 3.63) is 71.4 Å². The minimum absolute atomic E-state index is 0.0295. The Balaban J connectivity index is 1.58. The van der Waals surface area contributed by atoms with Crippen LogP contribution in [0.2, 0.25) is 0 Å². The molecule has 4 nitrogen and oxygen atoms in total. The number of fused-ring (bicyclic) bond motifs is 1. The van der Waals surface area contributed by atoms with Crippen molar-refractivity contribution in [2.45, 2.75) is 51.4 Å². The van der Waals surface area contributed by atoms with Crippen molar-refractivity contribution in [3.8, 4) is 0 Å². The number of amides is 1. The van der Waals surface area contributed by atoms with E-state index in [1.807, 2.05) is 0 Å². The van der Waals surface area contributed by atoms with Crippen molar-refractivity contribution in [2.75, 3.05) is 26.2 Å². The van der Waals surface area contributed by atoms with E-state index in [1.165, 1.54) is 40.4 Å². The zero-order chi connectivity index (χ0) is 22.7. The molecule has 0 aliphatic carbocycles. The average Bonchev–Trinajstić information content (AvgIpc) is 3.40. The molecule has 1 aliphatic heterocycles. The first-order valence-electron chi connectivity index (χ1n) is 12.0. The first-order chi connectivity index (χ1) is 15.3. The van der Waals surface area contributed by atoms with Gasteiger partial charge in [-0.1, -0.05) is 63.2 Å². The lowest BCUT2D eigenvalue weighted by Gasteiger charge is -2.22. The predicted octanol–water partition coefficient (Wildman–Crippen LogP) is 5.21. The van der Waals surface area contributed by atoms with Gasteiger partial charge in [0.15, 0.2) is 0 Å². The Labute approximate surface area is 192 Å². The maximum Gasteiger partial charge on any atom is 0.220 e. The van der Waals surface area contributed by atoms with Crippen LogP contribution in [0.25, 0.3) is 10.9 Å². The van der Waals surface area contributed by atoms with Crippen LogP contribution >= 0.6 is 0 Å². The molecule has 0 spiro atoms. The number of hydrogen-bond acceptors (Lipinski definition) is 2. The van der Waals surface area contributed by atoms with Crippen LogP contribution in [0.5, 0.6) is 0 Å². The summed E-state index contributed by atoms with van der Waals surface area (Å²) in [5, 5.41) is 4.41. The summed E-state index contributed by atoms with van der Waals surface area (Å²) in [6.45, 7) is 10.7. The monoisotopic (exact) mass is 431 g/mol. The molecule has 1 aromatic heterocycles. The summed E-state index contributed by atoms with van der Waals surface area (Å²) in [6.07, 6.45) is 5.22. The Morgan fingerprint density at radius 1 is 1.03 bits per heavy atom. The topological polar surface area (TPSA) is 37.3 Å². The van der Waals surface area contributed by atoms with Crippen molar-refractivity contribution < 1.29 is 4.79 Å². The highest BCUT2D eigenvalue weighted by atomic mass is 16.1. The van der Waals surface area contributed by atoms with Crippen molar-refractivity contribution in [2.24, 2.45) is 7.05 Å². The first-order valence-corrected chi connectivity index (χ1v) is 12.0. The Morgan fingerprint density at radius 2 is 1.72 bits per heavy atom. The normalized spacial score (nSPS) is 15.9. The third-order valence-electron chi connectivity index (χ3n) is 6.82. The van der Waals surface area contributed by atoms with E-state index in [9.17, 15) is 4.79 Å². The third-order valence-corrected chi connectivity index (χ3v) is 6.82. The van der Waals surface area contributed by atoms with Crippen LogP contribution in [0, 0.1) is 0 Å². The lowest BCUT2D eigenvalue weighted by molar-refractivity contribution is -0.121. The largest absolute Gasteiger partial charge is 0.355 e. The SMILES string of the molecule is Cn1cc([C@@H](CC(=O)NCCN2CCCC2)c2ccc(C(C)(C)C)cc2)c2ccccc21. The molecule has 1 amide bonds. The van der Waals surface area contributed by atoms with E-state index in [1.54, 1.807) is 0 Å². The number of carbonyl (C=O) groups excluding carboxylic acids is 1. The molecule has 0 saturated carbocycles. The van der Waals surface area contributed by atoms with Gasteiger partial charge in [0.1, 0.15) is 0 Å². The van der Waals surface area contributed by atoms with Crippen LogP contribution in [0.1, 0.15) is 62.6 Å². The number of nitrogens with one attached hydrogen (secondary N) is 1. The summed E-state index contributed by atoms with van der Waals surface area (Å²) < 4.78 is 2.17. The molecule has 0 bridgehead atoms. The maximum atomic E-state index is 13.0. The summed E-state index contributed by atoms with van der Waals surface area (Å²) in [5.74, 6) is 0.156. The fraction of sp³-hybridized carbons (Fsp3) is 0.464. The number of rotatable bonds is 7. The van der Waals surface area contributed by atoms with E-state index >= 15 is 0 Å². The fourth-order valence-corrected chi connectivity index (χ4v) is 4.89. The Kier molecular flexibility index (Phi) is 6.71. The molecule has 1 atom stereocenters. The van der Waals surface area contributed by atoms with Crippen LogP contribution < -0.4 is 5.32 Å². The standard InChI is InChI=1S/C28H37N3O/c1-28(2,3)22-13-11-21(12-14-22)24(19-27(32)29-15-18-31-16-7-8-17-31)25-20-30(4)26-10-6-5-9-23(25)26/h5-6,9-14,20,24H,7-8,15-19H2,1-4H3,(H,29,32)/t24-/m0/s1. The molecule has 1 fully saturated rings. The lowest BCUT2D eigenvalue weighted by Crippen LogP contribution is -2.34. The summed E-state index contributed by atoms with van der Waals surface area (Å²) in [4.78, 5) is 15.4. The van der Waals surface area contributed by atoms with Crippen LogP contribution in [0.15, 0.2) is 54.7 Å². The summed E-state index contributed by atoms with van der Waals surface area (Å²) in [6, 6.07) is 17.3. The molecular formula is C28H37N3O. The third kappa shape index (κ3) is 5.07. The Hall–Kier alpha value is -2.59. The highest BCUT2D eigenvalue weighted by Crippen LogP contribution is 2.35. The van der Waals surface area contributed by atoms with Crippen molar-refractivity contribution in [1.82, 2.24) is 14.8 Å². The van der Waals surface area contributed by atoms with Gasteiger partial charge >= 0.3 is 0 Å². The summed E-state index contributed by atoms with van der Waals surface area (Å²) >= 11 is 0. The number of para-hydroxylation sites is 1. The molecule has 170 valence electrons. The Bertz CT molecular complexity index is 1050. The van der Waals surface area contributed by atoms with Gasteiger partial charge in [0.2, 0.25) is 5.91 Å². The van der Waals surface area contributed by atoms with Crippen LogP contribution in [-0.4, -0.2) is 41.6 Å². The van der Waals surface area contributed by atoms with E-state index in [4.69, 9.17) is 0 Å². The molecule has 2 heterocycles. The van der Waals surface area contributed by atoms with Crippen molar-refractivity contribution >= 4 is 16.8 Å². The Morgan fingerprint density at radius 3 is 2.41 bits per heavy atom. The van der Waals surface area contributed by atoms with Gasteiger partial charge in [0.25, 0.3) is 0 Å². The quantitative estimate of drug-likeness (QED) is 0.558. The number of aryl methyl sites for hydroxylation is 1. The molecule has 1 aliphatic rings. The van der Waals surface area contributed by atoms with Crippen LogP contribution in [0.3, 0.4) is 0 Å². The molecule has 3 aromatic rings. The van der Waals surface area contributed by atoms with Gasteiger partial charge in [-0.05, 0) is 54.1 Å². The smallest absolute Gasteiger partial charge is 0.220 e. The number of aromatic nitrogens is 1. The van der Waals surface area contributed by atoms with Crippen molar-refractivity contribution in [1.29, 1.82) is 0 Å². The van der Waals surface area contributed by atoms with Gasteiger partial charge in [0.05, 0.1) is 0 Å². The van der Waals surface area contributed by atoms with Crippen LogP contribution in [-0.2, 0) is 17.3 Å². The number of benzene rings is 2. The minimum atomic E-state index is 0.0295. The molecule has 32 heavy (non-hydrogen) atoms. The van der Waals surface area contributed by atoms with Gasteiger partial charge in [-0.15, -0.1) is 0 Å². The van der Waals surface area contributed by atoms with Gasteiger partial charge in [-0.3, -0.25) is 4.79 Å². The van der Waals surface area contributed by atoms with Crippen molar-refractivity contribution in [3.63, 3.8) is 0 Å². The van der Waals surface area contributed by atoms with Gasteiger partial charge in [-0.25, -0.2) is 0 Å². The van der Waals surface area contributed by atoms with Gasteiger partial charge < -0.3 is 14.8 Å². The molecular weight excluding hydrogens is 394 g/mol. The summed E-state index contributed by atoms with van der Waals surface area (Å²) in [5.41, 5.74) is 5.05. The first kappa shape index (κ1) is 22.6. The highest BCUT2D eigenvalue weighted by molar-refractivity contribution is 5.86. The lowest BCUT2D eigenvalue weighted by atomic mass is 9.83. The highest BCUT2D eigenvalue weighted by Gasteiger charge is 2.23. The van der Waals surface area contributed by atoms with E-state index < -0.39 is 0 Å². The second kappa shape index (κ2) is 9.50. The maximum absolute atomic E-state index is 13.0. The molecule has 0 unspecified atom stereocenters. The zero-order valence-electron chi connectivity index (χ0n) is 20.0. The number of carbonyl (C=O) groups is 1. The molecule has 4 rings (SSSR count). The van der Waals surface area contributed by atoms with E-state index in [-0.39, 0.29) is 17.2 Å². The molecule has 1 saturated heterocycles. The number of likely N-dealkylation sites (tertiary alicyclic amines) is 1. The van der Waals surface area contributed by atoms with Gasteiger partial charge in [-0.2, -0.15) is 0 Å². The van der Waals surface area contributed by atoms with Crippen LogP contribution in [0.4, 0.5) is 0 Å². The second-order valence-electron chi connectivity index (χ2n) is 10.2. The molecule has 2 aromatic carbocycles. The predicted molar refractivity (Wildman–Crippen MR) is 133 cm³/mol. The summed E-state index contributed by atoms with van der Waals surface area (Å²) in [7, 11) is 2.09. The average molecular weight is 432 g/mol. The fourth-order valence-electron chi connectivity index (χ4n) is 4.89. The second-order valence-corrected chi connectivity index (χ2v) is 10.2. The van der Waals surface area contributed by atoms with E-state index in [2.05, 4.69) is 97.3 Å². The van der Waals surface area contributed by atoms with Gasteiger partial charge in [0, 0.05) is 49.6 Å². The molecule has 1 N–H and O–H groups in total. The van der Waals surface area contributed by atoms with E-state index in [0.717, 1.165) is 26.2 Å². The minimum Gasteiger partial charge on any atom is -0.355 e. The number of nitrogens with zero attached hydrogens (tertiary/aromatic N) is 2. The molecule has 4 heteroatoms. The van der Waals surface area contributed by atoms with E-state index in [0.29, 0.717) is 6.42 Å². The molecule has 0 radical (unpaired) electrons.